The van der Waals surface area contributed by atoms with E-state index in [0.717, 1.165) is 11.3 Å². The third-order valence-electron chi connectivity index (χ3n) is 3.26. The Morgan fingerprint density at radius 1 is 1.19 bits per heavy atom. The molecule has 0 radical (unpaired) electrons. The molecule has 0 aliphatic carbocycles. The number of phenols is 1. The van der Waals surface area contributed by atoms with Gasteiger partial charge in [-0.3, -0.25) is 0 Å². The molecule has 0 aliphatic heterocycles. The highest BCUT2D eigenvalue weighted by atomic mass is 35.5. The van der Waals surface area contributed by atoms with Gasteiger partial charge < -0.3 is 15.2 Å². The molecule has 0 saturated carbocycles. The minimum atomic E-state index is -0.00555. The summed E-state index contributed by atoms with van der Waals surface area (Å²) in [4.78, 5) is 0. The van der Waals surface area contributed by atoms with Gasteiger partial charge in [0, 0.05) is 12.2 Å². The molecule has 2 rings (SSSR count). The maximum Gasteiger partial charge on any atom is 0.176 e. The van der Waals surface area contributed by atoms with Gasteiger partial charge in [-0.15, -0.1) is 0 Å². The number of rotatable bonds is 5. The predicted molar refractivity (Wildman–Crippen MR) is 87.5 cm³/mol. The third-order valence-corrected chi connectivity index (χ3v) is 3.55. The predicted octanol–water partition coefficient (Wildman–Crippen LogP) is 4.67. The van der Waals surface area contributed by atoms with E-state index in [1.54, 1.807) is 6.07 Å². The van der Waals surface area contributed by atoms with E-state index in [9.17, 15) is 5.11 Å². The average Bonchev–Trinajstić information content (AvgIpc) is 2.45. The van der Waals surface area contributed by atoms with Crippen LogP contribution in [0.25, 0.3) is 0 Å². The Bertz CT molecular complexity index is 641. The van der Waals surface area contributed by atoms with E-state index in [0.29, 0.717) is 23.9 Å². The van der Waals surface area contributed by atoms with Gasteiger partial charge >= 0.3 is 0 Å². The number of hydrogen-bond acceptors (Lipinski definition) is 3. The summed E-state index contributed by atoms with van der Waals surface area (Å²) in [6.07, 6.45) is 0. The molecule has 0 saturated heterocycles. The van der Waals surface area contributed by atoms with E-state index in [1.807, 2.05) is 13.0 Å². The summed E-state index contributed by atoms with van der Waals surface area (Å²) in [6, 6.07) is 9.85. The molecule has 0 fully saturated rings. The summed E-state index contributed by atoms with van der Waals surface area (Å²) >= 11 is 6.04. The van der Waals surface area contributed by atoms with E-state index in [1.165, 1.54) is 11.1 Å². The fourth-order valence-electron chi connectivity index (χ4n) is 2.12. The number of anilines is 1. The minimum Gasteiger partial charge on any atom is -0.503 e. The van der Waals surface area contributed by atoms with Crippen LogP contribution in [-0.2, 0) is 6.54 Å². The lowest BCUT2D eigenvalue weighted by atomic mass is 10.1. The van der Waals surface area contributed by atoms with E-state index < -0.39 is 0 Å². The number of aromatic hydroxyl groups is 1. The van der Waals surface area contributed by atoms with Gasteiger partial charge in [-0.25, -0.2) is 0 Å². The molecule has 4 heteroatoms. The van der Waals surface area contributed by atoms with Gasteiger partial charge in [0.25, 0.3) is 0 Å². The first-order valence-electron chi connectivity index (χ1n) is 6.96. The quantitative estimate of drug-likeness (QED) is 0.843. The van der Waals surface area contributed by atoms with Gasteiger partial charge in [0.1, 0.15) is 0 Å². The molecular formula is C17H20ClNO2. The fourth-order valence-corrected chi connectivity index (χ4v) is 2.35. The van der Waals surface area contributed by atoms with Crippen molar-refractivity contribution in [2.45, 2.75) is 27.3 Å². The van der Waals surface area contributed by atoms with Crippen LogP contribution in [0.3, 0.4) is 0 Å². The van der Waals surface area contributed by atoms with Crippen LogP contribution in [0.2, 0.25) is 5.02 Å². The largest absolute Gasteiger partial charge is 0.503 e. The summed E-state index contributed by atoms with van der Waals surface area (Å²) in [5.41, 5.74) is 4.46. The van der Waals surface area contributed by atoms with Crippen molar-refractivity contribution >= 4 is 17.3 Å². The topological polar surface area (TPSA) is 41.5 Å². The second-order valence-electron chi connectivity index (χ2n) is 5.03. The van der Waals surface area contributed by atoms with Gasteiger partial charge in [0.15, 0.2) is 11.5 Å². The maximum absolute atomic E-state index is 9.84. The normalized spacial score (nSPS) is 10.5. The van der Waals surface area contributed by atoms with Gasteiger partial charge in [-0.1, -0.05) is 23.7 Å². The zero-order chi connectivity index (χ0) is 15.4. The molecule has 0 unspecified atom stereocenters. The fraction of sp³-hybridized carbons (Fsp3) is 0.294. The average molecular weight is 306 g/mol. The highest BCUT2D eigenvalue weighted by Gasteiger charge is 2.09. The Labute approximate surface area is 130 Å². The van der Waals surface area contributed by atoms with E-state index in [2.05, 4.69) is 37.4 Å². The first kappa shape index (κ1) is 15.5. The minimum absolute atomic E-state index is 0.00555. The van der Waals surface area contributed by atoms with Crippen molar-refractivity contribution in [2.75, 3.05) is 11.9 Å². The molecule has 0 spiro atoms. The van der Waals surface area contributed by atoms with Gasteiger partial charge in [-0.05, 0) is 55.7 Å². The lowest BCUT2D eigenvalue weighted by Gasteiger charge is -2.13. The van der Waals surface area contributed by atoms with Crippen molar-refractivity contribution in [1.29, 1.82) is 0 Å². The maximum atomic E-state index is 9.84. The van der Waals surface area contributed by atoms with Crippen LogP contribution < -0.4 is 10.1 Å². The number of benzene rings is 2. The zero-order valence-corrected chi connectivity index (χ0v) is 13.3. The Morgan fingerprint density at radius 3 is 2.67 bits per heavy atom. The Balaban J connectivity index is 2.18. The Kier molecular flexibility index (Phi) is 4.97. The molecule has 0 aromatic heterocycles. The molecule has 0 amide bonds. The second-order valence-corrected chi connectivity index (χ2v) is 5.44. The summed E-state index contributed by atoms with van der Waals surface area (Å²) in [7, 11) is 0. The van der Waals surface area contributed by atoms with Crippen LogP contribution >= 0.6 is 11.6 Å². The number of phenolic OH excluding ortho intramolecular Hbond substituents is 1. The highest BCUT2D eigenvalue weighted by Crippen LogP contribution is 2.35. The van der Waals surface area contributed by atoms with Crippen LogP contribution in [0.5, 0.6) is 11.5 Å². The van der Waals surface area contributed by atoms with Crippen molar-refractivity contribution in [3.05, 3.63) is 52.0 Å². The number of aryl methyl sites for hydroxylation is 2. The van der Waals surface area contributed by atoms with Crippen LogP contribution in [0.15, 0.2) is 30.3 Å². The molecule has 112 valence electrons. The zero-order valence-electron chi connectivity index (χ0n) is 12.5. The van der Waals surface area contributed by atoms with E-state index >= 15 is 0 Å². The Hall–Kier alpha value is -1.87. The molecule has 2 aromatic rings. The van der Waals surface area contributed by atoms with Gasteiger partial charge in [-0.2, -0.15) is 0 Å². The van der Waals surface area contributed by atoms with E-state index in [4.69, 9.17) is 16.3 Å². The smallest absolute Gasteiger partial charge is 0.176 e. The molecule has 21 heavy (non-hydrogen) atoms. The summed E-state index contributed by atoms with van der Waals surface area (Å²) in [5.74, 6) is 0.414. The molecule has 0 heterocycles. The second kappa shape index (κ2) is 6.72. The van der Waals surface area contributed by atoms with Crippen molar-refractivity contribution < 1.29 is 9.84 Å². The summed E-state index contributed by atoms with van der Waals surface area (Å²) in [5, 5.41) is 13.5. The third kappa shape index (κ3) is 3.82. The molecular weight excluding hydrogens is 286 g/mol. The molecule has 2 aromatic carbocycles. The number of hydrogen-bond donors (Lipinski definition) is 2. The van der Waals surface area contributed by atoms with Crippen LogP contribution in [-0.4, -0.2) is 11.7 Å². The summed E-state index contributed by atoms with van der Waals surface area (Å²) < 4.78 is 5.39. The van der Waals surface area contributed by atoms with Gasteiger partial charge in [0.05, 0.1) is 11.6 Å². The lowest BCUT2D eigenvalue weighted by Crippen LogP contribution is -2.02. The molecule has 2 N–H and O–H groups in total. The lowest BCUT2D eigenvalue weighted by molar-refractivity contribution is 0.318. The first-order valence-corrected chi connectivity index (χ1v) is 7.34. The van der Waals surface area contributed by atoms with Crippen molar-refractivity contribution in [3.63, 3.8) is 0 Å². The van der Waals surface area contributed by atoms with Crippen molar-refractivity contribution in [3.8, 4) is 11.5 Å². The number of halogens is 1. The summed E-state index contributed by atoms with van der Waals surface area (Å²) in [6.45, 7) is 7.10. The SMILES string of the molecule is CCOc1cc(CNc2cc(C)ccc2C)cc(Cl)c1O. The Morgan fingerprint density at radius 2 is 1.95 bits per heavy atom. The monoisotopic (exact) mass is 305 g/mol. The molecule has 0 bridgehead atoms. The van der Waals surface area contributed by atoms with Crippen LogP contribution in [0, 0.1) is 13.8 Å². The van der Waals surface area contributed by atoms with Gasteiger partial charge in [0.2, 0.25) is 0 Å². The standard InChI is InChI=1S/C17H20ClNO2/c1-4-21-16-9-13(8-14(18)17(16)20)10-19-15-7-11(2)5-6-12(15)3/h5-9,19-20H,4,10H2,1-3H3. The molecule has 0 aliphatic rings. The molecule has 3 nitrogen and oxygen atoms in total. The number of nitrogens with one attached hydrogen (secondary N) is 1. The highest BCUT2D eigenvalue weighted by molar-refractivity contribution is 6.32. The number of ether oxygens (including phenoxy) is 1. The van der Waals surface area contributed by atoms with Crippen LogP contribution in [0.1, 0.15) is 23.6 Å². The van der Waals surface area contributed by atoms with Crippen molar-refractivity contribution in [2.24, 2.45) is 0 Å². The van der Waals surface area contributed by atoms with E-state index in [-0.39, 0.29) is 5.75 Å². The molecule has 0 atom stereocenters. The first-order chi connectivity index (χ1) is 10.0. The van der Waals surface area contributed by atoms with Crippen molar-refractivity contribution in [1.82, 2.24) is 0 Å². The van der Waals surface area contributed by atoms with Crippen LogP contribution in [0.4, 0.5) is 5.69 Å².